The monoisotopic (exact) mass is 840 g/mol. The van der Waals surface area contributed by atoms with Gasteiger partial charge >= 0.3 is 0 Å². The molecule has 0 saturated carbocycles. The molecule has 0 radical (unpaired) electrons. The van der Waals surface area contributed by atoms with E-state index in [4.69, 9.17) is 0 Å². The number of aromatic nitrogens is 1. The Balaban J connectivity index is 1.03. The summed E-state index contributed by atoms with van der Waals surface area (Å²) < 4.78 is 2.42. The Labute approximate surface area is 385 Å². The molecule has 10 aromatic rings. The van der Waals surface area contributed by atoms with Gasteiger partial charge in [0.2, 0.25) is 0 Å². The highest BCUT2D eigenvalue weighted by Crippen LogP contribution is 2.41. The van der Waals surface area contributed by atoms with Gasteiger partial charge in [-0.1, -0.05) is 179 Å². The van der Waals surface area contributed by atoms with Gasteiger partial charge in [-0.2, -0.15) is 0 Å². The lowest BCUT2D eigenvalue weighted by molar-refractivity contribution is 0.408. The van der Waals surface area contributed by atoms with Crippen molar-refractivity contribution in [3.63, 3.8) is 0 Å². The standard InChI is InChI=1S/C63H56N2/c1-43(2)40-59(44(3)4)52-20-18-50(19-21-52)53-28-38-62-60(41-53)61-42-54(29-39-63(61)65(62)58-30-16-45(5)17-31-58)51-26-36-57(37-27-51)64(55-32-22-48(23-33-55)46-12-8-6-9-13-46)56-34-24-49(25-35-56)47-14-10-7-11-15-47/h6-39,41-44,59H,40H2,1-5H3. The number of fused-ring (bicyclic) bond motifs is 3. The average molecular weight is 841 g/mol. The highest BCUT2D eigenvalue weighted by Gasteiger charge is 2.19. The highest BCUT2D eigenvalue weighted by molar-refractivity contribution is 6.11. The zero-order valence-corrected chi connectivity index (χ0v) is 38.1. The van der Waals surface area contributed by atoms with Crippen LogP contribution in [-0.2, 0) is 0 Å². The van der Waals surface area contributed by atoms with Crippen molar-refractivity contribution in [1.29, 1.82) is 0 Å². The SMILES string of the molecule is Cc1ccc(-n2c3ccc(-c4ccc(C(CC(C)C)C(C)C)cc4)cc3c3cc(-c4ccc(N(c5ccc(-c6ccccc6)cc5)c5ccc(-c6ccccc6)cc5)cc4)ccc32)cc1. The van der Waals surface area contributed by atoms with Gasteiger partial charge in [0.25, 0.3) is 0 Å². The lowest BCUT2D eigenvalue weighted by atomic mass is 9.82. The quantitative estimate of drug-likeness (QED) is 0.119. The predicted octanol–water partition coefficient (Wildman–Crippen LogP) is 18.0. The van der Waals surface area contributed by atoms with E-state index in [1.54, 1.807) is 0 Å². The van der Waals surface area contributed by atoms with Gasteiger partial charge in [-0.15, -0.1) is 0 Å². The van der Waals surface area contributed by atoms with Crippen molar-refractivity contribution in [3.8, 4) is 50.2 Å². The molecule has 1 unspecified atom stereocenters. The zero-order valence-electron chi connectivity index (χ0n) is 38.1. The van der Waals surface area contributed by atoms with Crippen LogP contribution in [0.4, 0.5) is 17.1 Å². The first-order chi connectivity index (χ1) is 31.8. The summed E-state index contributed by atoms with van der Waals surface area (Å²) in [6.07, 6.45) is 1.21. The molecule has 0 amide bonds. The summed E-state index contributed by atoms with van der Waals surface area (Å²) in [6, 6.07) is 80.4. The molecule has 0 saturated heterocycles. The van der Waals surface area contributed by atoms with Crippen molar-refractivity contribution in [1.82, 2.24) is 4.57 Å². The second kappa shape index (κ2) is 18.0. The van der Waals surface area contributed by atoms with E-state index in [0.717, 1.165) is 17.1 Å². The number of rotatable bonds is 12. The van der Waals surface area contributed by atoms with Crippen molar-refractivity contribution < 1.29 is 0 Å². The third-order valence-electron chi connectivity index (χ3n) is 13.2. The van der Waals surface area contributed by atoms with Crippen LogP contribution in [0.5, 0.6) is 0 Å². The second-order valence-electron chi connectivity index (χ2n) is 18.4. The van der Waals surface area contributed by atoms with Gasteiger partial charge in [0.15, 0.2) is 0 Å². The van der Waals surface area contributed by atoms with Crippen LogP contribution in [0.15, 0.2) is 218 Å². The van der Waals surface area contributed by atoms with Crippen LogP contribution in [0.25, 0.3) is 72.0 Å². The number of hydrogen-bond acceptors (Lipinski definition) is 1. The number of aryl methyl sites for hydroxylation is 1. The van der Waals surface area contributed by atoms with E-state index >= 15 is 0 Å². The third-order valence-corrected chi connectivity index (χ3v) is 13.2. The molecule has 0 bridgehead atoms. The Bertz CT molecular complexity index is 3090. The summed E-state index contributed by atoms with van der Waals surface area (Å²) in [5.74, 6) is 1.83. The minimum atomic E-state index is 0.563. The molecule has 0 aliphatic carbocycles. The fourth-order valence-corrected chi connectivity index (χ4v) is 9.70. The molecule has 2 heteroatoms. The topological polar surface area (TPSA) is 8.17 Å². The minimum Gasteiger partial charge on any atom is -0.311 e. The lowest BCUT2D eigenvalue weighted by Gasteiger charge is -2.26. The fourth-order valence-electron chi connectivity index (χ4n) is 9.70. The van der Waals surface area contributed by atoms with Gasteiger partial charge in [-0.3, -0.25) is 0 Å². The smallest absolute Gasteiger partial charge is 0.0541 e. The summed E-state index contributed by atoms with van der Waals surface area (Å²) in [7, 11) is 0. The fraction of sp³-hybridized carbons (Fsp3) is 0.143. The lowest BCUT2D eigenvalue weighted by Crippen LogP contribution is -2.09. The number of hydrogen-bond donors (Lipinski definition) is 0. The van der Waals surface area contributed by atoms with Crippen molar-refractivity contribution >= 4 is 38.9 Å². The summed E-state index contributed by atoms with van der Waals surface area (Å²) in [6.45, 7) is 11.5. The van der Waals surface area contributed by atoms with Crippen LogP contribution in [0.2, 0.25) is 0 Å². The Kier molecular flexibility index (Phi) is 11.5. The normalized spacial score (nSPS) is 12.0. The van der Waals surface area contributed by atoms with Crippen molar-refractivity contribution in [3.05, 3.63) is 230 Å². The van der Waals surface area contributed by atoms with Gasteiger partial charge in [0, 0.05) is 33.5 Å². The van der Waals surface area contributed by atoms with Crippen molar-refractivity contribution in [2.24, 2.45) is 11.8 Å². The molecule has 318 valence electrons. The molecule has 9 aromatic carbocycles. The summed E-state index contributed by atoms with van der Waals surface area (Å²) in [4.78, 5) is 2.35. The molecule has 0 fully saturated rings. The maximum Gasteiger partial charge on any atom is 0.0541 e. The molecule has 1 aromatic heterocycles. The third kappa shape index (κ3) is 8.53. The second-order valence-corrected chi connectivity index (χ2v) is 18.4. The Morgan fingerprint density at radius 2 is 0.754 bits per heavy atom. The predicted molar refractivity (Wildman–Crippen MR) is 279 cm³/mol. The number of nitrogens with zero attached hydrogens (tertiary/aromatic N) is 2. The highest BCUT2D eigenvalue weighted by atomic mass is 15.1. The molecular weight excluding hydrogens is 785 g/mol. The molecule has 0 spiro atoms. The maximum atomic E-state index is 2.42. The van der Waals surface area contributed by atoms with Gasteiger partial charge in [-0.25, -0.2) is 0 Å². The molecule has 0 aliphatic heterocycles. The molecule has 0 aliphatic rings. The van der Waals surface area contributed by atoms with Crippen LogP contribution in [0, 0.1) is 18.8 Å². The average Bonchev–Trinajstić information content (AvgIpc) is 3.67. The van der Waals surface area contributed by atoms with Crippen LogP contribution in [0.1, 0.15) is 51.2 Å². The van der Waals surface area contributed by atoms with Crippen LogP contribution < -0.4 is 4.90 Å². The Hall–Kier alpha value is -7.42. The van der Waals surface area contributed by atoms with Crippen LogP contribution >= 0.6 is 0 Å². The minimum absolute atomic E-state index is 0.563. The van der Waals surface area contributed by atoms with Crippen molar-refractivity contribution in [2.45, 2.75) is 47.0 Å². The van der Waals surface area contributed by atoms with Crippen LogP contribution in [0.3, 0.4) is 0 Å². The number of benzene rings is 9. The van der Waals surface area contributed by atoms with Gasteiger partial charge in [0.1, 0.15) is 0 Å². The maximum absolute atomic E-state index is 2.42. The van der Waals surface area contributed by atoms with E-state index in [1.807, 2.05) is 0 Å². The zero-order chi connectivity index (χ0) is 44.4. The van der Waals surface area contributed by atoms with Gasteiger partial charge in [0.05, 0.1) is 11.0 Å². The van der Waals surface area contributed by atoms with E-state index in [-0.39, 0.29) is 0 Å². The number of anilines is 3. The first kappa shape index (κ1) is 41.6. The molecule has 1 atom stereocenters. The summed E-state index contributed by atoms with van der Waals surface area (Å²) in [5.41, 5.74) is 19.3. The van der Waals surface area contributed by atoms with Gasteiger partial charge in [-0.05, 0) is 154 Å². The van der Waals surface area contributed by atoms with E-state index in [2.05, 4.69) is 262 Å². The van der Waals surface area contributed by atoms with E-state index in [0.29, 0.717) is 17.8 Å². The van der Waals surface area contributed by atoms with Crippen molar-refractivity contribution in [2.75, 3.05) is 4.90 Å². The molecule has 10 rings (SSSR count). The van der Waals surface area contributed by atoms with E-state index in [9.17, 15) is 0 Å². The van der Waals surface area contributed by atoms with Crippen LogP contribution in [-0.4, -0.2) is 4.57 Å². The summed E-state index contributed by atoms with van der Waals surface area (Å²) in [5, 5.41) is 2.50. The van der Waals surface area contributed by atoms with E-state index < -0.39 is 0 Å². The molecule has 1 heterocycles. The first-order valence-corrected chi connectivity index (χ1v) is 23.2. The first-order valence-electron chi connectivity index (χ1n) is 23.2. The van der Waals surface area contributed by atoms with Gasteiger partial charge < -0.3 is 9.47 Å². The molecular formula is C63H56N2. The van der Waals surface area contributed by atoms with E-state index in [1.165, 1.54) is 89.5 Å². The molecule has 65 heavy (non-hydrogen) atoms. The molecule has 2 nitrogen and oxygen atoms in total. The largest absolute Gasteiger partial charge is 0.311 e. The molecule has 0 N–H and O–H groups in total. The Morgan fingerprint density at radius 3 is 1.15 bits per heavy atom. The Morgan fingerprint density at radius 1 is 0.385 bits per heavy atom. The summed E-state index contributed by atoms with van der Waals surface area (Å²) >= 11 is 0.